The summed E-state index contributed by atoms with van der Waals surface area (Å²) in [6.45, 7) is 6.41. The number of nitrogens with one attached hydrogen (secondary N) is 2. The standard InChI is InChI=1S/C21H30FN5S2/c1-3-23-20(25-13-16-6-7-18(22)12-17(16)14-28-2)24-9-8-19-15-29-21(26-19)27-10-4-5-11-27/h6-7,12,15H,3-5,8-11,13-14H2,1-2H3,(H2,23,24,25). The molecule has 3 rings (SSSR count). The van der Waals surface area contributed by atoms with Gasteiger partial charge in [0, 0.05) is 43.7 Å². The molecule has 29 heavy (non-hydrogen) atoms. The molecule has 2 heterocycles. The molecule has 1 aromatic carbocycles. The normalized spacial score (nSPS) is 14.4. The highest BCUT2D eigenvalue weighted by atomic mass is 32.2. The molecule has 158 valence electrons. The number of hydrogen-bond acceptors (Lipinski definition) is 5. The first-order valence-corrected chi connectivity index (χ1v) is 12.4. The van der Waals surface area contributed by atoms with Crippen LogP contribution in [0.2, 0.25) is 0 Å². The second-order valence-electron chi connectivity index (χ2n) is 7.03. The Kier molecular flexibility index (Phi) is 8.61. The van der Waals surface area contributed by atoms with Crippen molar-refractivity contribution < 1.29 is 4.39 Å². The Morgan fingerprint density at radius 1 is 1.28 bits per heavy atom. The summed E-state index contributed by atoms with van der Waals surface area (Å²) in [5, 5.41) is 9.99. The van der Waals surface area contributed by atoms with Crippen LogP contribution in [0, 0.1) is 5.82 Å². The number of hydrogen-bond donors (Lipinski definition) is 2. The summed E-state index contributed by atoms with van der Waals surface area (Å²) in [4.78, 5) is 11.8. The number of thiazole rings is 1. The van der Waals surface area contributed by atoms with Gasteiger partial charge in [-0.05, 0) is 49.3 Å². The lowest BCUT2D eigenvalue weighted by atomic mass is 10.1. The number of aromatic nitrogens is 1. The maximum absolute atomic E-state index is 13.5. The number of nitrogens with zero attached hydrogens (tertiary/aromatic N) is 3. The molecule has 0 atom stereocenters. The fourth-order valence-corrected chi connectivity index (χ4v) is 4.81. The summed E-state index contributed by atoms with van der Waals surface area (Å²) in [6, 6.07) is 4.96. The van der Waals surface area contributed by atoms with Crippen LogP contribution in [0.15, 0.2) is 28.6 Å². The highest BCUT2D eigenvalue weighted by molar-refractivity contribution is 7.97. The van der Waals surface area contributed by atoms with Crippen LogP contribution in [0.3, 0.4) is 0 Å². The first kappa shape index (κ1) is 21.9. The van der Waals surface area contributed by atoms with Gasteiger partial charge in [-0.1, -0.05) is 6.07 Å². The van der Waals surface area contributed by atoms with Crippen LogP contribution in [0.4, 0.5) is 9.52 Å². The van der Waals surface area contributed by atoms with E-state index in [1.54, 1.807) is 29.2 Å². The molecule has 0 unspecified atom stereocenters. The molecule has 5 nitrogen and oxygen atoms in total. The van der Waals surface area contributed by atoms with Gasteiger partial charge in [-0.25, -0.2) is 14.4 Å². The van der Waals surface area contributed by atoms with Crippen LogP contribution >= 0.6 is 23.1 Å². The zero-order chi connectivity index (χ0) is 20.5. The first-order valence-electron chi connectivity index (χ1n) is 10.2. The summed E-state index contributed by atoms with van der Waals surface area (Å²) in [7, 11) is 0. The van der Waals surface area contributed by atoms with Gasteiger partial charge in [-0.3, -0.25) is 0 Å². The molecule has 0 bridgehead atoms. The fraction of sp³-hybridized carbons (Fsp3) is 0.524. The van der Waals surface area contributed by atoms with Gasteiger partial charge in [0.1, 0.15) is 5.82 Å². The van der Waals surface area contributed by atoms with E-state index >= 15 is 0 Å². The van der Waals surface area contributed by atoms with Crippen LogP contribution in [-0.2, 0) is 18.7 Å². The van der Waals surface area contributed by atoms with Gasteiger partial charge in [0.15, 0.2) is 11.1 Å². The average Bonchev–Trinajstić information content (AvgIpc) is 3.39. The topological polar surface area (TPSA) is 52.6 Å². The third-order valence-corrected chi connectivity index (χ3v) is 6.36. The summed E-state index contributed by atoms with van der Waals surface area (Å²) >= 11 is 3.43. The van der Waals surface area contributed by atoms with E-state index in [0.29, 0.717) is 6.54 Å². The molecule has 1 aliphatic rings. The average molecular weight is 436 g/mol. The minimum Gasteiger partial charge on any atom is -0.357 e. The predicted molar refractivity (Wildman–Crippen MR) is 124 cm³/mol. The van der Waals surface area contributed by atoms with Crippen molar-refractivity contribution in [1.82, 2.24) is 15.6 Å². The Morgan fingerprint density at radius 3 is 2.86 bits per heavy atom. The summed E-state index contributed by atoms with van der Waals surface area (Å²) < 4.78 is 13.5. The van der Waals surface area contributed by atoms with Crippen molar-refractivity contribution >= 4 is 34.2 Å². The maximum Gasteiger partial charge on any atom is 0.191 e. The van der Waals surface area contributed by atoms with Crippen LogP contribution in [0.5, 0.6) is 0 Å². The number of halogens is 1. The smallest absolute Gasteiger partial charge is 0.191 e. The number of aliphatic imine (C=N–C) groups is 1. The molecule has 2 aromatic rings. The molecule has 2 N–H and O–H groups in total. The SMILES string of the molecule is CCNC(=NCc1ccc(F)cc1CSC)NCCc1csc(N2CCCC2)n1. The van der Waals surface area contributed by atoms with E-state index in [4.69, 9.17) is 9.98 Å². The largest absolute Gasteiger partial charge is 0.357 e. The highest BCUT2D eigenvalue weighted by Gasteiger charge is 2.15. The van der Waals surface area contributed by atoms with Crippen LogP contribution in [0.1, 0.15) is 36.6 Å². The zero-order valence-corrected chi connectivity index (χ0v) is 18.8. The molecule has 1 fully saturated rings. The molecule has 1 aromatic heterocycles. The van der Waals surface area contributed by atoms with Crippen molar-refractivity contribution in [2.45, 2.75) is 38.5 Å². The van der Waals surface area contributed by atoms with Crippen molar-refractivity contribution in [2.24, 2.45) is 4.99 Å². The highest BCUT2D eigenvalue weighted by Crippen LogP contribution is 2.24. The Hall–Kier alpha value is -1.80. The second-order valence-corrected chi connectivity index (χ2v) is 8.74. The molecular formula is C21H30FN5S2. The molecule has 1 saturated heterocycles. The summed E-state index contributed by atoms with van der Waals surface area (Å²) in [5.41, 5.74) is 3.20. The lowest BCUT2D eigenvalue weighted by Crippen LogP contribution is -2.38. The zero-order valence-electron chi connectivity index (χ0n) is 17.2. The van der Waals surface area contributed by atoms with Gasteiger partial charge in [0.2, 0.25) is 0 Å². The van der Waals surface area contributed by atoms with E-state index in [1.165, 1.54) is 18.9 Å². The van der Waals surface area contributed by atoms with Gasteiger partial charge in [0.25, 0.3) is 0 Å². The van der Waals surface area contributed by atoms with Crippen molar-refractivity contribution in [2.75, 3.05) is 37.3 Å². The number of benzene rings is 1. The molecule has 0 saturated carbocycles. The molecule has 8 heteroatoms. The van der Waals surface area contributed by atoms with Crippen molar-refractivity contribution in [3.05, 3.63) is 46.2 Å². The van der Waals surface area contributed by atoms with Crippen LogP contribution < -0.4 is 15.5 Å². The number of thioether (sulfide) groups is 1. The van der Waals surface area contributed by atoms with Gasteiger partial charge in [-0.2, -0.15) is 11.8 Å². The Labute approximate surface area is 181 Å². The summed E-state index contributed by atoms with van der Waals surface area (Å²) in [5.74, 6) is 1.38. The number of anilines is 1. The molecule has 0 aliphatic carbocycles. The third-order valence-electron chi connectivity index (χ3n) is 4.81. The van der Waals surface area contributed by atoms with E-state index in [2.05, 4.69) is 27.8 Å². The Morgan fingerprint density at radius 2 is 2.10 bits per heavy atom. The second kappa shape index (κ2) is 11.4. The molecule has 0 spiro atoms. The Bertz CT molecular complexity index is 802. The minimum atomic E-state index is -0.191. The van der Waals surface area contributed by atoms with Crippen molar-refractivity contribution in [3.8, 4) is 0 Å². The van der Waals surface area contributed by atoms with E-state index in [-0.39, 0.29) is 5.82 Å². The van der Waals surface area contributed by atoms with E-state index in [0.717, 1.165) is 66.3 Å². The van der Waals surface area contributed by atoms with Crippen molar-refractivity contribution in [1.29, 1.82) is 0 Å². The van der Waals surface area contributed by atoms with E-state index < -0.39 is 0 Å². The van der Waals surface area contributed by atoms with E-state index in [1.807, 2.05) is 12.3 Å². The van der Waals surface area contributed by atoms with Gasteiger partial charge in [0.05, 0.1) is 12.2 Å². The minimum absolute atomic E-state index is 0.191. The predicted octanol–water partition coefficient (Wildman–Crippen LogP) is 4.04. The summed E-state index contributed by atoms with van der Waals surface area (Å²) in [6.07, 6.45) is 5.43. The van der Waals surface area contributed by atoms with Gasteiger partial charge >= 0.3 is 0 Å². The van der Waals surface area contributed by atoms with Gasteiger partial charge < -0.3 is 15.5 Å². The monoisotopic (exact) mass is 435 g/mol. The molecular weight excluding hydrogens is 405 g/mol. The van der Waals surface area contributed by atoms with Gasteiger partial charge in [-0.15, -0.1) is 11.3 Å². The Balaban J connectivity index is 1.54. The van der Waals surface area contributed by atoms with Crippen LogP contribution in [-0.4, -0.2) is 43.4 Å². The fourth-order valence-electron chi connectivity index (χ4n) is 3.32. The van der Waals surface area contributed by atoms with E-state index in [9.17, 15) is 4.39 Å². The maximum atomic E-state index is 13.5. The molecule has 1 aliphatic heterocycles. The van der Waals surface area contributed by atoms with Crippen molar-refractivity contribution in [3.63, 3.8) is 0 Å². The first-order chi connectivity index (χ1) is 14.2. The number of rotatable bonds is 9. The molecule has 0 radical (unpaired) electrons. The lowest BCUT2D eigenvalue weighted by molar-refractivity contribution is 0.625. The lowest BCUT2D eigenvalue weighted by Gasteiger charge is -2.13. The third kappa shape index (κ3) is 6.60. The number of guanidine groups is 1. The quantitative estimate of drug-likeness (QED) is 0.460. The van der Waals surface area contributed by atoms with Crippen LogP contribution in [0.25, 0.3) is 0 Å². The molecule has 0 amide bonds.